The SMILES string of the molecule is CC(CNC(=O)C1(c2ccccc2F)CC1)(C(=O)O)c1ccccc1. The van der Waals surface area contributed by atoms with E-state index in [1.807, 2.05) is 6.07 Å². The van der Waals surface area contributed by atoms with Gasteiger partial charge in [0.25, 0.3) is 0 Å². The van der Waals surface area contributed by atoms with Crippen molar-refractivity contribution >= 4 is 11.9 Å². The molecule has 3 rings (SSSR count). The van der Waals surface area contributed by atoms with E-state index in [1.54, 1.807) is 49.4 Å². The molecule has 2 aromatic carbocycles. The van der Waals surface area contributed by atoms with Gasteiger partial charge in [-0.05, 0) is 31.4 Å². The van der Waals surface area contributed by atoms with Crippen LogP contribution in [-0.4, -0.2) is 23.5 Å². The predicted octanol–water partition coefficient (Wildman–Crippen LogP) is 3.02. The molecule has 0 spiro atoms. The first kappa shape index (κ1) is 17.1. The molecule has 25 heavy (non-hydrogen) atoms. The summed E-state index contributed by atoms with van der Waals surface area (Å²) in [5.74, 6) is -1.74. The van der Waals surface area contributed by atoms with E-state index in [-0.39, 0.29) is 12.5 Å². The Balaban J connectivity index is 1.79. The number of aliphatic carboxylic acids is 1. The second kappa shape index (κ2) is 6.31. The molecule has 1 atom stereocenters. The Morgan fingerprint density at radius 1 is 1.12 bits per heavy atom. The molecule has 1 amide bonds. The quantitative estimate of drug-likeness (QED) is 0.849. The second-order valence-electron chi connectivity index (χ2n) is 6.75. The summed E-state index contributed by atoms with van der Waals surface area (Å²) in [4.78, 5) is 24.5. The van der Waals surface area contributed by atoms with Gasteiger partial charge in [-0.2, -0.15) is 0 Å². The van der Waals surface area contributed by atoms with E-state index in [4.69, 9.17) is 0 Å². The molecular formula is C20H20FNO3. The van der Waals surface area contributed by atoms with Crippen LogP contribution in [0.5, 0.6) is 0 Å². The van der Waals surface area contributed by atoms with Crippen molar-refractivity contribution in [2.45, 2.75) is 30.6 Å². The van der Waals surface area contributed by atoms with Gasteiger partial charge < -0.3 is 10.4 Å². The van der Waals surface area contributed by atoms with E-state index < -0.39 is 22.6 Å². The maximum atomic E-state index is 14.1. The zero-order chi connectivity index (χ0) is 18.1. The number of carboxylic acid groups (broad SMARTS) is 1. The molecular weight excluding hydrogens is 321 g/mol. The summed E-state index contributed by atoms with van der Waals surface area (Å²) in [6.07, 6.45) is 1.13. The van der Waals surface area contributed by atoms with E-state index in [9.17, 15) is 19.1 Å². The Morgan fingerprint density at radius 2 is 1.72 bits per heavy atom. The van der Waals surface area contributed by atoms with E-state index in [1.165, 1.54) is 6.07 Å². The van der Waals surface area contributed by atoms with Gasteiger partial charge in [0.1, 0.15) is 11.2 Å². The summed E-state index contributed by atoms with van der Waals surface area (Å²) in [7, 11) is 0. The van der Waals surface area contributed by atoms with E-state index in [0.29, 0.717) is 24.0 Å². The number of amides is 1. The minimum absolute atomic E-state index is 0.0542. The molecule has 0 aromatic heterocycles. The average molecular weight is 341 g/mol. The first-order valence-electron chi connectivity index (χ1n) is 8.22. The number of benzene rings is 2. The maximum Gasteiger partial charge on any atom is 0.315 e. The summed E-state index contributed by atoms with van der Waals surface area (Å²) in [6, 6.07) is 15.0. The lowest BCUT2D eigenvalue weighted by atomic mass is 9.82. The van der Waals surface area contributed by atoms with Crippen molar-refractivity contribution in [3.8, 4) is 0 Å². The van der Waals surface area contributed by atoms with Crippen molar-refractivity contribution in [2.24, 2.45) is 0 Å². The van der Waals surface area contributed by atoms with E-state index in [2.05, 4.69) is 5.32 Å². The van der Waals surface area contributed by atoms with Gasteiger partial charge >= 0.3 is 5.97 Å². The molecule has 0 heterocycles. The number of carbonyl (C=O) groups excluding carboxylic acids is 1. The van der Waals surface area contributed by atoms with Crippen LogP contribution in [-0.2, 0) is 20.4 Å². The third kappa shape index (κ3) is 3.02. The van der Waals surface area contributed by atoms with Crippen molar-refractivity contribution in [1.82, 2.24) is 5.32 Å². The van der Waals surface area contributed by atoms with Gasteiger partial charge in [-0.3, -0.25) is 9.59 Å². The molecule has 1 fully saturated rings. The lowest BCUT2D eigenvalue weighted by molar-refractivity contribution is -0.143. The Kier molecular flexibility index (Phi) is 4.33. The smallest absolute Gasteiger partial charge is 0.315 e. The Bertz CT molecular complexity index is 802. The summed E-state index contributed by atoms with van der Waals surface area (Å²) >= 11 is 0. The van der Waals surface area contributed by atoms with Gasteiger partial charge in [-0.15, -0.1) is 0 Å². The second-order valence-corrected chi connectivity index (χ2v) is 6.75. The summed E-state index contributed by atoms with van der Waals surface area (Å²) in [5.41, 5.74) is -1.13. The minimum Gasteiger partial charge on any atom is -0.481 e. The van der Waals surface area contributed by atoms with Crippen LogP contribution in [0.4, 0.5) is 4.39 Å². The van der Waals surface area contributed by atoms with Crippen LogP contribution in [0.2, 0.25) is 0 Å². The van der Waals surface area contributed by atoms with Crippen LogP contribution < -0.4 is 5.32 Å². The van der Waals surface area contributed by atoms with Crippen molar-refractivity contribution in [3.63, 3.8) is 0 Å². The van der Waals surface area contributed by atoms with Crippen molar-refractivity contribution in [2.75, 3.05) is 6.54 Å². The highest BCUT2D eigenvalue weighted by Crippen LogP contribution is 2.49. The molecule has 1 aliphatic rings. The van der Waals surface area contributed by atoms with Gasteiger partial charge in [-0.1, -0.05) is 48.5 Å². The Hall–Kier alpha value is -2.69. The fraction of sp³-hybridized carbons (Fsp3) is 0.300. The van der Waals surface area contributed by atoms with Crippen LogP contribution >= 0.6 is 0 Å². The molecule has 1 unspecified atom stereocenters. The van der Waals surface area contributed by atoms with Gasteiger partial charge in [0.2, 0.25) is 5.91 Å². The minimum atomic E-state index is -1.25. The lowest BCUT2D eigenvalue weighted by Gasteiger charge is -2.27. The fourth-order valence-electron chi connectivity index (χ4n) is 3.13. The fourth-order valence-corrected chi connectivity index (χ4v) is 3.13. The van der Waals surface area contributed by atoms with Crippen LogP contribution in [0, 0.1) is 5.82 Å². The first-order valence-corrected chi connectivity index (χ1v) is 8.22. The zero-order valence-corrected chi connectivity index (χ0v) is 14.0. The van der Waals surface area contributed by atoms with Gasteiger partial charge in [0.15, 0.2) is 0 Å². The van der Waals surface area contributed by atoms with Gasteiger partial charge in [0.05, 0.1) is 5.41 Å². The standard InChI is InChI=1S/C20H20FNO3/c1-19(18(24)25,14-7-3-2-4-8-14)13-22-17(23)20(11-12-20)15-9-5-6-10-16(15)21/h2-10H,11-13H2,1H3,(H,22,23)(H,24,25). The molecule has 0 saturated heterocycles. The van der Waals surface area contributed by atoms with Gasteiger partial charge in [-0.25, -0.2) is 4.39 Å². The third-order valence-corrected chi connectivity index (χ3v) is 5.06. The highest BCUT2D eigenvalue weighted by Gasteiger charge is 2.53. The molecule has 2 aromatic rings. The monoisotopic (exact) mass is 341 g/mol. The number of halogens is 1. The van der Waals surface area contributed by atoms with Crippen molar-refractivity contribution < 1.29 is 19.1 Å². The summed E-state index contributed by atoms with van der Waals surface area (Å²) < 4.78 is 14.1. The molecule has 0 radical (unpaired) electrons. The van der Waals surface area contributed by atoms with Crippen molar-refractivity contribution in [3.05, 3.63) is 71.5 Å². The number of nitrogens with one attached hydrogen (secondary N) is 1. The summed E-state index contributed by atoms with van der Waals surface area (Å²) in [6.45, 7) is 1.52. The van der Waals surface area contributed by atoms with Gasteiger partial charge in [0, 0.05) is 12.1 Å². The Labute approximate surface area is 145 Å². The largest absolute Gasteiger partial charge is 0.481 e. The number of carboxylic acids is 1. The molecule has 0 bridgehead atoms. The van der Waals surface area contributed by atoms with Crippen LogP contribution in [0.1, 0.15) is 30.9 Å². The molecule has 0 aliphatic heterocycles. The number of carbonyl (C=O) groups is 2. The van der Waals surface area contributed by atoms with Crippen molar-refractivity contribution in [1.29, 1.82) is 0 Å². The molecule has 2 N–H and O–H groups in total. The molecule has 1 aliphatic carbocycles. The highest BCUT2D eigenvalue weighted by atomic mass is 19.1. The normalized spacial score (nSPS) is 17.4. The topological polar surface area (TPSA) is 66.4 Å². The lowest BCUT2D eigenvalue weighted by Crippen LogP contribution is -2.47. The predicted molar refractivity (Wildman–Crippen MR) is 91.8 cm³/mol. The van der Waals surface area contributed by atoms with E-state index in [0.717, 1.165) is 0 Å². The first-order chi connectivity index (χ1) is 11.9. The average Bonchev–Trinajstić information content (AvgIpc) is 3.42. The summed E-state index contributed by atoms with van der Waals surface area (Å²) in [5, 5.41) is 12.4. The zero-order valence-electron chi connectivity index (χ0n) is 14.0. The number of hydrogen-bond acceptors (Lipinski definition) is 2. The maximum absolute atomic E-state index is 14.1. The van der Waals surface area contributed by atoms with E-state index >= 15 is 0 Å². The van der Waals surface area contributed by atoms with Crippen LogP contribution in [0.15, 0.2) is 54.6 Å². The molecule has 5 heteroatoms. The molecule has 4 nitrogen and oxygen atoms in total. The van der Waals surface area contributed by atoms with Crippen LogP contribution in [0.3, 0.4) is 0 Å². The molecule has 130 valence electrons. The Morgan fingerprint density at radius 3 is 2.28 bits per heavy atom. The third-order valence-electron chi connectivity index (χ3n) is 5.06. The number of hydrogen-bond donors (Lipinski definition) is 2. The number of rotatable bonds is 6. The van der Waals surface area contributed by atoms with Crippen LogP contribution in [0.25, 0.3) is 0 Å². The molecule has 1 saturated carbocycles. The highest BCUT2D eigenvalue weighted by molar-refractivity contribution is 5.92.